The lowest BCUT2D eigenvalue weighted by Crippen LogP contribution is -2.53. The topological polar surface area (TPSA) is 83.1 Å². The lowest BCUT2D eigenvalue weighted by molar-refractivity contribution is -0.640. The Morgan fingerprint density at radius 2 is 1.71 bits per heavy atom. The molecular formula is C8H20NO4S+2. The van der Waals surface area contributed by atoms with Gasteiger partial charge in [0.05, 0.1) is 4.28 Å². The molecule has 0 fully saturated rings. The van der Waals surface area contributed by atoms with Gasteiger partial charge in [-0.05, 0) is 6.42 Å². The van der Waals surface area contributed by atoms with Gasteiger partial charge >= 0.3 is 10.8 Å². The Morgan fingerprint density at radius 3 is 2.29 bits per heavy atom. The molecule has 1 unspecified atom stereocenters. The molecule has 5 nitrogen and oxygen atoms in total. The second-order valence-electron chi connectivity index (χ2n) is 3.12. The Balaban J connectivity index is 3.17. The molecule has 0 rings (SSSR count). The molecular weight excluding hydrogens is 206 g/mol. The van der Waals surface area contributed by atoms with Crippen LogP contribution in [0.15, 0.2) is 0 Å². The highest BCUT2D eigenvalue weighted by Crippen LogP contribution is 2.07. The lowest BCUT2D eigenvalue weighted by atomic mass is 10.1. The molecule has 6 heteroatoms. The summed E-state index contributed by atoms with van der Waals surface area (Å²) in [5, 5.41) is 0. The summed E-state index contributed by atoms with van der Waals surface area (Å²) < 4.78 is 29.6. The number of hydrogen-bond acceptors (Lipinski definition) is 3. The Hall–Kier alpha value is -0.0100. The number of hydrogen-bond donors (Lipinski definition) is 1. The smallest absolute Gasteiger partial charge is 0.155 e. The molecule has 0 saturated heterocycles. The monoisotopic (exact) mass is 226 g/mol. The van der Waals surface area contributed by atoms with Crippen LogP contribution < -0.4 is 5.90 Å². The van der Waals surface area contributed by atoms with Gasteiger partial charge in [-0.3, -0.25) is 0 Å². The largest absolute Gasteiger partial charge is 0.597 e. The molecule has 14 heavy (non-hydrogen) atoms. The van der Waals surface area contributed by atoms with E-state index in [9.17, 15) is 8.76 Å². The SMILES string of the molecule is CCCCCCCCO[S+]([O])(=O)O[NH3+]. The van der Waals surface area contributed by atoms with E-state index in [1.165, 1.54) is 19.3 Å². The summed E-state index contributed by atoms with van der Waals surface area (Å²) in [6.45, 7) is 2.34. The van der Waals surface area contributed by atoms with Crippen LogP contribution in [-0.2, 0) is 28.0 Å². The molecule has 0 aromatic rings. The fourth-order valence-corrected chi connectivity index (χ4v) is 1.47. The Kier molecular flexibility index (Phi) is 8.30. The minimum atomic E-state index is -3.83. The third kappa shape index (κ3) is 8.58. The van der Waals surface area contributed by atoms with Crippen molar-refractivity contribution in [3.05, 3.63) is 0 Å². The first kappa shape index (κ1) is 14.0. The first-order valence-corrected chi connectivity index (χ1v) is 6.28. The van der Waals surface area contributed by atoms with Gasteiger partial charge in [0.1, 0.15) is 11.2 Å². The van der Waals surface area contributed by atoms with Gasteiger partial charge in [-0.2, -0.15) is 5.90 Å². The molecule has 0 spiro atoms. The van der Waals surface area contributed by atoms with Crippen LogP contribution in [0.3, 0.4) is 0 Å². The summed E-state index contributed by atoms with van der Waals surface area (Å²) in [7, 11) is -3.83. The first-order valence-electron chi connectivity index (χ1n) is 4.95. The molecule has 0 aliphatic rings. The molecule has 1 radical (unpaired) electrons. The van der Waals surface area contributed by atoms with Crippen molar-refractivity contribution in [2.45, 2.75) is 45.4 Å². The highest BCUT2D eigenvalue weighted by molar-refractivity contribution is 7.88. The summed E-state index contributed by atoms with van der Waals surface area (Å²) in [4.78, 5) is 0. The van der Waals surface area contributed by atoms with Crippen LogP contribution in [0.1, 0.15) is 45.4 Å². The fraction of sp³-hybridized carbons (Fsp3) is 1.00. The van der Waals surface area contributed by atoms with E-state index in [0.717, 1.165) is 19.3 Å². The van der Waals surface area contributed by atoms with E-state index in [1.54, 1.807) is 0 Å². The van der Waals surface area contributed by atoms with Gasteiger partial charge in [0, 0.05) is 4.21 Å². The summed E-state index contributed by atoms with van der Waals surface area (Å²) in [6, 6.07) is 0. The molecule has 0 aromatic carbocycles. The summed E-state index contributed by atoms with van der Waals surface area (Å²) in [5.74, 6) is 2.78. The van der Waals surface area contributed by atoms with E-state index in [0.29, 0.717) is 0 Å². The van der Waals surface area contributed by atoms with Crippen molar-refractivity contribution in [3.8, 4) is 0 Å². The zero-order chi connectivity index (χ0) is 10.9. The Labute approximate surface area is 86.6 Å². The quantitative estimate of drug-likeness (QED) is 0.364. The molecule has 3 N–H and O–H groups in total. The highest BCUT2D eigenvalue weighted by atomic mass is 32.3. The molecule has 85 valence electrons. The van der Waals surface area contributed by atoms with Crippen molar-refractivity contribution in [2.24, 2.45) is 0 Å². The normalized spacial score (nSPS) is 15.4. The van der Waals surface area contributed by atoms with Gasteiger partial charge in [0.2, 0.25) is 0 Å². The molecule has 0 heterocycles. The molecule has 0 amide bonds. The van der Waals surface area contributed by atoms with Gasteiger partial charge in [-0.25, -0.2) is 0 Å². The molecule has 0 aliphatic carbocycles. The van der Waals surface area contributed by atoms with E-state index < -0.39 is 10.8 Å². The Bertz CT molecular complexity index is 177. The van der Waals surface area contributed by atoms with Crippen LogP contribution in [0.2, 0.25) is 0 Å². The van der Waals surface area contributed by atoms with Gasteiger partial charge in [-0.15, -0.1) is 4.18 Å². The van der Waals surface area contributed by atoms with Crippen LogP contribution >= 0.6 is 0 Å². The number of unbranched alkanes of at least 4 members (excludes halogenated alkanes) is 5. The van der Waals surface area contributed by atoms with Gasteiger partial charge < -0.3 is 0 Å². The average Bonchev–Trinajstić information content (AvgIpc) is 2.16. The molecule has 0 saturated carbocycles. The minimum absolute atomic E-state index is 0.185. The second-order valence-corrected chi connectivity index (χ2v) is 4.40. The molecule has 0 aromatic heterocycles. The summed E-state index contributed by atoms with van der Waals surface area (Å²) in [5.41, 5.74) is 0. The van der Waals surface area contributed by atoms with Crippen molar-refractivity contribution in [3.63, 3.8) is 0 Å². The van der Waals surface area contributed by atoms with Crippen LogP contribution in [0, 0.1) is 0 Å². The molecule has 0 aliphatic heterocycles. The highest BCUT2D eigenvalue weighted by Gasteiger charge is 2.34. The second kappa shape index (κ2) is 8.31. The van der Waals surface area contributed by atoms with Crippen molar-refractivity contribution in [1.29, 1.82) is 0 Å². The van der Waals surface area contributed by atoms with E-state index in [-0.39, 0.29) is 6.61 Å². The molecule has 1 atom stereocenters. The van der Waals surface area contributed by atoms with E-state index in [4.69, 9.17) is 0 Å². The van der Waals surface area contributed by atoms with E-state index in [2.05, 4.69) is 21.3 Å². The van der Waals surface area contributed by atoms with Crippen molar-refractivity contribution < 1.29 is 23.1 Å². The maximum Gasteiger partial charge on any atom is 0.597 e. The van der Waals surface area contributed by atoms with E-state index >= 15 is 0 Å². The summed E-state index contributed by atoms with van der Waals surface area (Å²) >= 11 is 0. The van der Waals surface area contributed by atoms with Crippen LogP contribution in [-0.4, -0.2) is 6.61 Å². The maximum absolute atomic E-state index is 10.6. The van der Waals surface area contributed by atoms with Crippen LogP contribution in [0.4, 0.5) is 0 Å². The zero-order valence-corrected chi connectivity index (χ0v) is 9.51. The van der Waals surface area contributed by atoms with Gasteiger partial charge in [-0.1, -0.05) is 39.0 Å². The third-order valence-corrected chi connectivity index (χ3v) is 2.61. The number of quaternary nitrogens is 1. The zero-order valence-electron chi connectivity index (χ0n) is 8.70. The van der Waals surface area contributed by atoms with Gasteiger partial charge in [0.15, 0.2) is 0 Å². The number of rotatable bonds is 9. The lowest BCUT2D eigenvalue weighted by Gasteiger charge is -1.98. The molecule has 0 bridgehead atoms. The van der Waals surface area contributed by atoms with Crippen molar-refractivity contribution >= 4 is 10.8 Å². The van der Waals surface area contributed by atoms with Crippen molar-refractivity contribution in [2.75, 3.05) is 6.61 Å². The average molecular weight is 226 g/mol. The minimum Gasteiger partial charge on any atom is -0.155 e. The van der Waals surface area contributed by atoms with Crippen molar-refractivity contribution in [1.82, 2.24) is 0 Å². The summed E-state index contributed by atoms with van der Waals surface area (Å²) in [6.07, 6.45) is 6.51. The van der Waals surface area contributed by atoms with Crippen LogP contribution in [0.25, 0.3) is 0 Å². The van der Waals surface area contributed by atoms with E-state index in [1.807, 2.05) is 0 Å². The fourth-order valence-electron chi connectivity index (χ4n) is 1.08. The first-order chi connectivity index (χ1) is 6.62. The maximum atomic E-state index is 10.6. The van der Waals surface area contributed by atoms with Crippen LogP contribution in [0.5, 0.6) is 0 Å². The Morgan fingerprint density at radius 1 is 1.14 bits per heavy atom. The standard InChI is InChI=1S/C8H20NO4S/c1-2-3-4-5-6-7-8-12-14(10,11)13-9/h2-8H2,1,9H3/q+2. The third-order valence-electron chi connectivity index (χ3n) is 1.87. The predicted octanol–water partition coefficient (Wildman–Crippen LogP) is 1.21. The van der Waals surface area contributed by atoms with Gasteiger partial charge in [0.25, 0.3) is 0 Å². The predicted molar refractivity (Wildman–Crippen MR) is 52.0 cm³/mol.